The van der Waals surface area contributed by atoms with Gasteiger partial charge in [0.2, 0.25) is 5.75 Å². The molecule has 0 radical (unpaired) electrons. The Morgan fingerprint density at radius 3 is 2.67 bits per heavy atom. The van der Waals surface area contributed by atoms with E-state index in [1.165, 1.54) is 6.07 Å². The molecular weight excluding hydrogens is 230 g/mol. The molecule has 4 nitrogen and oxygen atoms in total. The lowest BCUT2D eigenvalue weighted by Gasteiger charge is -2.07. The molecule has 4 heteroatoms. The molecule has 0 unspecified atom stereocenters. The first-order valence-electron chi connectivity index (χ1n) is 5.71. The quantitative estimate of drug-likeness (QED) is 0.603. The van der Waals surface area contributed by atoms with E-state index in [-0.39, 0.29) is 11.4 Å². The summed E-state index contributed by atoms with van der Waals surface area (Å²) in [5.74, 6) is 0.874. The van der Waals surface area contributed by atoms with Gasteiger partial charge in [-0.3, -0.25) is 10.1 Å². The number of ether oxygens (including phenoxy) is 1. The second kappa shape index (κ2) is 5.31. The van der Waals surface area contributed by atoms with Crippen LogP contribution in [0.4, 0.5) is 5.69 Å². The first-order valence-corrected chi connectivity index (χ1v) is 5.71. The molecule has 0 N–H and O–H groups in total. The molecule has 92 valence electrons. The molecule has 0 aliphatic carbocycles. The average Bonchev–Trinajstić information content (AvgIpc) is 2.39. The second-order valence-electron chi connectivity index (χ2n) is 3.83. The minimum absolute atomic E-state index is 0.0283. The number of para-hydroxylation sites is 2. The largest absolute Gasteiger partial charge is 0.450 e. The first kappa shape index (κ1) is 12.1. The molecule has 0 aromatic heterocycles. The predicted octanol–water partition coefficient (Wildman–Crippen LogP) is 3.95. The van der Waals surface area contributed by atoms with Gasteiger partial charge in [0.25, 0.3) is 0 Å². The molecule has 2 aromatic carbocycles. The minimum Gasteiger partial charge on any atom is -0.450 e. The van der Waals surface area contributed by atoms with Crippen LogP contribution in [0, 0.1) is 10.1 Å². The van der Waals surface area contributed by atoms with Crippen molar-refractivity contribution < 1.29 is 9.66 Å². The van der Waals surface area contributed by atoms with Crippen LogP contribution in [0.2, 0.25) is 0 Å². The molecule has 2 aromatic rings. The van der Waals surface area contributed by atoms with Gasteiger partial charge >= 0.3 is 5.69 Å². The summed E-state index contributed by atoms with van der Waals surface area (Å²) in [4.78, 5) is 10.4. The van der Waals surface area contributed by atoms with Gasteiger partial charge in [-0.2, -0.15) is 0 Å². The monoisotopic (exact) mass is 243 g/mol. The van der Waals surface area contributed by atoms with Crippen LogP contribution in [-0.4, -0.2) is 4.92 Å². The Bertz CT molecular complexity index is 566. The van der Waals surface area contributed by atoms with Crippen molar-refractivity contribution >= 4 is 5.69 Å². The van der Waals surface area contributed by atoms with Gasteiger partial charge in [0.05, 0.1) is 4.92 Å². The first-order chi connectivity index (χ1) is 8.70. The van der Waals surface area contributed by atoms with Gasteiger partial charge in [0.15, 0.2) is 0 Å². The fourth-order valence-corrected chi connectivity index (χ4v) is 1.65. The average molecular weight is 243 g/mol. The molecular formula is C14H13NO3. The molecule has 2 rings (SSSR count). The lowest BCUT2D eigenvalue weighted by molar-refractivity contribution is -0.385. The van der Waals surface area contributed by atoms with Gasteiger partial charge in [-0.05, 0) is 30.2 Å². The Morgan fingerprint density at radius 2 is 1.94 bits per heavy atom. The maximum Gasteiger partial charge on any atom is 0.311 e. The summed E-state index contributed by atoms with van der Waals surface area (Å²) in [6.07, 6.45) is 0.897. The number of hydrogen-bond donors (Lipinski definition) is 0. The molecule has 0 amide bonds. The van der Waals surface area contributed by atoms with Crippen LogP contribution in [0.3, 0.4) is 0 Å². The lowest BCUT2D eigenvalue weighted by Crippen LogP contribution is -1.93. The molecule has 0 aliphatic heterocycles. The van der Waals surface area contributed by atoms with Crippen LogP contribution < -0.4 is 4.74 Å². The van der Waals surface area contributed by atoms with Crippen LogP contribution in [0.1, 0.15) is 12.5 Å². The highest BCUT2D eigenvalue weighted by Crippen LogP contribution is 2.30. The molecule has 0 atom stereocenters. The van der Waals surface area contributed by atoms with E-state index in [0.717, 1.165) is 12.0 Å². The highest BCUT2D eigenvalue weighted by atomic mass is 16.6. The van der Waals surface area contributed by atoms with E-state index < -0.39 is 4.92 Å². The highest BCUT2D eigenvalue weighted by Gasteiger charge is 2.14. The van der Waals surface area contributed by atoms with Gasteiger partial charge in [-0.1, -0.05) is 31.2 Å². The summed E-state index contributed by atoms with van der Waals surface area (Å²) in [5.41, 5.74) is 1.10. The molecule has 0 fully saturated rings. The molecule has 0 heterocycles. The standard InChI is InChI=1S/C14H13NO3/c1-2-11-6-5-7-12(10-11)18-14-9-4-3-8-13(14)15(16)17/h3-10H,2H2,1H3. The number of rotatable bonds is 4. The van der Waals surface area contributed by atoms with Crippen molar-refractivity contribution in [1.29, 1.82) is 0 Å². The van der Waals surface area contributed by atoms with E-state index in [0.29, 0.717) is 5.75 Å². The maximum atomic E-state index is 10.9. The third-order valence-electron chi connectivity index (χ3n) is 2.60. The van der Waals surface area contributed by atoms with E-state index in [1.54, 1.807) is 24.3 Å². The third-order valence-corrected chi connectivity index (χ3v) is 2.60. The van der Waals surface area contributed by atoms with Crippen molar-refractivity contribution in [3.63, 3.8) is 0 Å². The van der Waals surface area contributed by atoms with Crippen molar-refractivity contribution in [2.75, 3.05) is 0 Å². The number of hydrogen-bond acceptors (Lipinski definition) is 3. The SMILES string of the molecule is CCc1cccc(Oc2ccccc2[N+](=O)[O-])c1. The third kappa shape index (κ3) is 2.66. The fourth-order valence-electron chi connectivity index (χ4n) is 1.65. The zero-order chi connectivity index (χ0) is 13.0. The Balaban J connectivity index is 2.31. The van der Waals surface area contributed by atoms with Crippen molar-refractivity contribution in [2.24, 2.45) is 0 Å². The molecule has 0 bridgehead atoms. The van der Waals surface area contributed by atoms with E-state index in [2.05, 4.69) is 0 Å². The van der Waals surface area contributed by atoms with E-state index in [4.69, 9.17) is 4.74 Å². The Kier molecular flexibility index (Phi) is 3.57. The molecule has 0 saturated heterocycles. The maximum absolute atomic E-state index is 10.9. The summed E-state index contributed by atoms with van der Waals surface area (Å²) in [6, 6.07) is 13.9. The second-order valence-corrected chi connectivity index (χ2v) is 3.83. The Hall–Kier alpha value is -2.36. The van der Waals surface area contributed by atoms with Crippen LogP contribution >= 0.6 is 0 Å². The summed E-state index contributed by atoms with van der Waals surface area (Å²) >= 11 is 0. The summed E-state index contributed by atoms with van der Waals surface area (Å²) in [7, 11) is 0. The summed E-state index contributed by atoms with van der Waals surface area (Å²) < 4.78 is 5.57. The zero-order valence-corrected chi connectivity index (χ0v) is 10.00. The van der Waals surface area contributed by atoms with Gasteiger partial charge in [0.1, 0.15) is 5.75 Å². The number of nitrogens with zero attached hydrogens (tertiary/aromatic N) is 1. The van der Waals surface area contributed by atoms with Gasteiger partial charge in [-0.25, -0.2) is 0 Å². The zero-order valence-electron chi connectivity index (χ0n) is 10.00. The summed E-state index contributed by atoms with van der Waals surface area (Å²) in [6.45, 7) is 2.05. The van der Waals surface area contributed by atoms with E-state index >= 15 is 0 Å². The van der Waals surface area contributed by atoms with Gasteiger partial charge in [-0.15, -0.1) is 0 Å². The molecule has 18 heavy (non-hydrogen) atoms. The lowest BCUT2D eigenvalue weighted by atomic mass is 10.2. The van der Waals surface area contributed by atoms with Gasteiger partial charge < -0.3 is 4.74 Å². The topological polar surface area (TPSA) is 52.4 Å². The van der Waals surface area contributed by atoms with Crippen LogP contribution in [0.5, 0.6) is 11.5 Å². The molecule has 0 spiro atoms. The van der Waals surface area contributed by atoms with Crippen molar-refractivity contribution in [1.82, 2.24) is 0 Å². The molecule has 0 aliphatic rings. The van der Waals surface area contributed by atoms with Crippen molar-refractivity contribution in [2.45, 2.75) is 13.3 Å². The Morgan fingerprint density at radius 1 is 1.17 bits per heavy atom. The normalized spacial score (nSPS) is 10.1. The predicted molar refractivity (Wildman–Crippen MR) is 69.0 cm³/mol. The van der Waals surface area contributed by atoms with E-state index in [1.807, 2.05) is 25.1 Å². The Labute approximate surface area is 105 Å². The van der Waals surface area contributed by atoms with Crippen LogP contribution in [0.25, 0.3) is 0 Å². The van der Waals surface area contributed by atoms with Crippen LogP contribution in [-0.2, 0) is 6.42 Å². The number of benzene rings is 2. The fraction of sp³-hybridized carbons (Fsp3) is 0.143. The number of nitro groups is 1. The van der Waals surface area contributed by atoms with Crippen molar-refractivity contribution in [3.8, 4) is 11.5 Å². The summed E-state index contributed by atoms with van der Waals surface area (Å²) in [5, 5.41) is 10.9. The van der Waals surface area contributed by atoms with E-state index in [9.17, 15) is 10.1 Å². The van der Waals surface area contributed by atoms with Crippen molar-refractivity contribution in [3.05, 3.63) is 64.2 Å². The minimum atomic E-state index is -0.445. The molecule has 0 saturated carbocycles. The van der Waals surface area contributed by atoms with Gasteiger partial charge in [0, 0.05) is 6.07 Å². The number of nitro benzene ring substituents is 1. The smallest absolute Gasteiger partial charge is 0.311 e. The van der Waals surface area contributed by atoms with Crippen LogP contribution in [0.15, 0.2) is 48.5 Å². The highest BCUT2D eigenvalue weighted by molar-refractivity contribution is 5.48. The number of aryl methyl sites for hydroxylation is 1.